The van der Waals surface area contributed by atoms with Crippen molar-refractivity contribution >= 4 is 101 Å². The van der Waals surface area contributed by atoms with Crippen molar-refractivity contribution < 1.29 is 33.2 Å². The van der Waals surface area contributed by atoms with E-state index in [1.54, 1.807) is 0 Å². The van der Waals surface area contributed by atoms with Gasteiger partial charge >= 0.3 is 0 Å². The summed E-state index contributed by atoms with van der Waals surface area (Å²) in [7, 11) is 0. The third-order valence-electron chi connectivity index (χ3n) is 20.0. The van der Waals surface area contributed by atoms with Crippen LogP contribution in [0.5, 0.6) is 0 Å². The standard InChI is InChI=1S/C96H78BFN4/c1-94(2,3)66-52-77(61-30-14-10-15-31-61)92(78(53-66)62-32-16-11-17-33-62)101-86-59-70(99-82-42-26-22-38-72(82)73-39-23-27-43-83(73)99)50-51-81(86)97-90-76(65-46-48-69(98)49-47-65)58-71(100-84-44-28-24-40-74(84)75-41-25-29-45-85(75)100)60-89(90)102(88-57-68(96(7,8)9)56-87(101)91(88)97)93-79(63-34-18-12-19-35-63)54-67(95(4,5)6)55-80(93)64-36-20-13-21-37-64/h10-60H,1-9H3/i22D,23D,24D,25D,26D,27D,28D,29D,38D,39D,40D,41D,42D,43D,44D,45D,50D,51D,58D,59D,60D. The highest BCUT2D eigenvalue weighted by Crippen LogP contribution is 2.56. The first-order chi connectivity index (χ1) is 58.2. The van der Waals surface area contributed by atoms with Crippen LogP contribution in [0, 0.1) is 5.82 Å². The number of anilines is 6. The second-order valence-corrected chi connectivity index (χ2v) is 29.4. The Bertz CT molecular complexity index is 7030. The lowest BCUT2D eigenvalue weighted by molar-refractivity contribution is 0.590. The van der Waals surface area contributed by atoms with Crippen LogP contribution in [0.4, 0.5) is 38.5 Å². The van der Waals surface area contributed by atoms with Crippen molar-refractivity contribution in [3.8, 4) is 67.0 Å². The molecule has 2 aliphatic heterocycles. The summed E-state index contributed by atoms with van der Waals surface area (Å²) in [5, 5.41) is -1.41. The maximum Gasteiger partial charge on any atom is 0.252 e. The third kappa shape index (κ3) is 10.2. The Balaban J connectivity index is 1.17. The van der Waals surface area contributed by atoms with Gasteiger partial charge in [0.15, 0.2) is 0 Å². The first kappa shape index (κ1) is 43.7. The number of halogens is 1. The molecule has 0 spiro atoms. The van der Waals surface area contributed by atoms with Gasteiger partial charge in [0.05, 0.1) is 62.2 Å². The summed E-state index contributed by atoms with van der Waals surface area (Å²) in [6.45, 7) is 17.0. The Labute approximate surface area is 627 Å². The van der Waals surface area contributed by atoms with Crippen molar-refractivity contribution in [3.63, 3.8) is 0 Å². The molecule has 492 valence electrons. The van der Waals surface area contributed by atoms with E-state index in [0.29, 0.717) is 78.3 Å². The Morgan fingerprint density at radius 1 is 0.314 bits per heavy atom. The van der Waals surface area contributed by atoms with Crippen LogP contribution in [0.3, 0.4) is 0 Å². The molecule has 6 heteroatoms. The highest BCUT2D eigenvalue weighted by Gasteiger charge is 2.48. The lowest BCUT2D eigenvalue weighted by Crippen LogP contribution is -2.62. The number of para-hydroxylation sites is 4. The summed E-state index contributed by atoms with van der Waals surface area (Å²) in [6.07, 6.45) is 0. The third-order valence-corrected chi connectivity index (χ3v) is 20.0. The molecular weight excluding hydrogens is 1240 g/mol. The molecule has 18 rings (SSSR count). The second-order valence-electron chi connectivity index (χ2n) is 29.4. The average molecular weight is 1340 g/mol. The highest BCUT2D eigenvalue weighted by atomic mass is 19.1. The van der Waals surface area contributed by atoms with Crippen LogP contribution in [-0.4, -0.2) is 15.8 Å². The first-order valence-corrected chi connectivity index (χ1v) is 34.2. The molecule has 0 N–H and O–H groups in total. The summed E-state index contributed by atoms with van der Waals surface area (Å²) < 4.78 is 230. The number of benzene rings is 14. The van der Waals surface area contributed by atoms with E-state index in [2.05, 4.69) is 65.8 Å². The van der Waals surface area contributed by atoms with Gasteiger partial charge in [-0.1, -0.05) is 274 Å². The van der Waals surface area contributed by atoms with Gasteiger partial charge in [0.25, 0.3) is 6.71 Å². The molecule has 16 aromatic rings. The van der Waals surface area contributed by atoms with Gasteiger partial charge in [-0.25, -0.2) is 4.39 Å². The monoisotopic (exact) mass is 1340 g/mol. The van der Waals surface area contributed by atoms with Crippen molar-refractivity contribution in [1.29, 1.82) is 0 Å². The molecule has 2 aliphatic rings. The maximum absolute atomic E-state index is 16.5. The van der Waals surface area contributed by atoms with Crippen LogP contribution in [0.15, 0.2) is 309 Å². The average Bonchev–Trinajstić information content (AvgIpc) is 1.03. The molecule has 0 bridgehead atoms. The van der Waals surface area contributed by atoms with Gasteiger partial charge in [0.1, 0.15) is 5.82 Å². The van der Waals surface area contributed by atoms with Crippen molar-refractivity contribution in [1.82, 2.24) is 9.13 Å². The summed E-state index contributed by atoms with van der Waals surface area (Å²) in [5.74, 6) is -0.716. The summed E-state index contributed by atoms with van der Waals surface area (Å²) in [5.41, 5.74) is 4.10. The SMILES string of the molecule is [2H]c1c([2H])c(-n2c3c([2H])c([2H])c([2H])c([2H])c3c3c([2H])c([2H])c([2H])c([2H])c32)c([2H])c2c1B1c3c(cc(C(C)(C)C)cc3N(c3c(-c4ccccc4)cc(C(C)(C)C)cc3-c3ccccc3)c3c([2H])c(-n4c5c([2H])c([2H])c([2H])c([2H])c5c5c([2H])c([2H])c([2H])c([2H])c54)c([2H])c(-c4ccc(F)cc4)c31)N2c1c(-c2ccccc2)cc(C(C)(C)C)cc1-c1ccccc1. The van der Waals surface area contributed by atoms with E-state index < -0.39 is 189 Å². The molecule has 4 heterocycles. The van der Waals surface area contributed by atoms with Gasteiger partial charge in [0, 0.05) is 77.9 Å². The van der Waals surface area contributed by atoms with Crippen molar-refractivity contribution in [2.24, 2.45) is 0 Å². The molecule has 4 nitrogen and oxygen atoms in total. The fourth-order valence-electron chi connectivity index (χ4n) is 14.9. The number of aromatic nitrogens is 2. The maximum atomic E-state index is 16.5. The molecule has 0 radical (unpaired) electrons. The van der Waals surface area contributed by atoms with Gasteiger partial charge < -0.3 is 18.9 Å². The number of nitrogens with zero attached hydrogens (tertiary/aromatic N) is 4. The van der Waals surface area contributed by atoms with E-state index in [9.17, 15) is 26.0 Å². The van der Waals surface area contributed by atoms with Crippen LogP contribution in [-0.2, 0) is 16.2 Å². The molecule has 102 heavy (non-hydrogen) atoms. The second kappa shape index (κ2) is 23.7. The van der Waals surface area contributed by atoms with E-state index in [-0.39, 0.29) is 55.0 Å². The number of fused-ring (bicyclic) bond motifs is 10. The molecule has 0 fully saturated rings. The van der Waals surface area contributed by atoms with Crippen LogP contribution >= 0.6 is 0 Å². The zero-order chi connectivity index (χ0) is 87.8. The lowest BCUT2D eigenvalue weighted by Gasteiger charge is -2.47. The molecule has 0 unspecified atom stereocenters. The number of hydrogen-bond donors (Lipinski definition) is 0. The fourth-order valence-corrected chi connectivity index (χ4v) is 14.9. The van der Waals surface area contributed by atoms with Crippen LogP contribution in [0.25, 0.3) is 111 Å². The predicted molar refractivity (Wildman–Crippen MR) is 432 cm³/mol. The zero-order valence-electron chi connectivity index (χ0n) is 78.6. The van der Waals surface area contributed by atoms with E-state index in [0.717, 1.165) is 20.3 Å². The largest absolute Gasteiger partial charge is 0.310 e. The highest BCUT2D eigenvalue weighted by molar-refractivity contribution is 7.01. The van der Waals surface area contributed by atoms with Gasteiger partial charge in [-0.3, -0.25) is 0 Å². The number of hydrogen-bond acceptors (Lipinski definition) is 2. The normalized spacial score (nSPS) is 15.8. The van der Waals surface area contributed by atoms with Gasteiger partial charge in [-0.05, 0) is 180 Å². The first-order valence-electron chi connectivity index (χ1n) is 44.7. The Kier molecular flexibility index (Phi) is 10.2. The Hall–Kier alpha value is -11.7. The molecule has 0 atom stereocenters. The fraction of sp³-hybridized carbons (Fsp3) is 0.125. The Morgan fingerprint density at radius 3 is 1.03 bits per heavy atom. The van der Waals surface area contributed by atoms with E-state index >= 15 is 4.39 Å². The van der Waals surface area contributed by atoms with Crippen molar-refractivity contribution in [2.45, 2.75) is 78.6 Å². The van der Waals surface area contributed by atoms with Crippen LogP contribution < -0.4 is 26.2 Å². The quantitative estimate of drug-likeness (QED) is 0.134. The van der Waals surface area contributed by atoms with Crippen molar-refractivity contribution in [3.05, 3.63) is 331 Å². The molecule has 0 amide bonds. The molecular formula is C96H78BFN4. The minimum Gasteiger partial charge on any atom is -0.310 e. The minimum absolute atomic E-state index is 0.0239. The minimum atomic E-state index is -1.62. The molecule has 0 saturated carbocycles. The van der Waals surface area contributed by atoms with Gasteiger partial charge in [0.2, 0.25) is 0 Å². The van der Waals surface area contributed by atoms with Crippen molar-refractivity contribution in [2.75, 3.05) is 9.80 Å². The number of rotatable bonds is 9. The van der Waals surface area contributed by atoms with Gasteiger partial charge in [-0.2, -0.15) is 0 Å². The molecule has 0 saturated heterocycles. The molecule has 0 aliphatic carbocycles. The summed E-state index contributed by atoms with van der Waals surface area (Å²) >= 11 is 0. The predicted octanol–water partition coefficient (Wildman–Crippen LogP) is 24.3. The van der Waals surface area contributed by atoms with Crippen LogP contribution in [0.1, 0.15) is 108 Å². The smallest absolute Gasteiger partial charge is 0.252 e. The molecule has 14 aromatic carbocycles. The van der Waals surface area contributed by atoms with Crippen LogP contribution in [0.2, 0.25) is 0 Å². The van der Waals surface area contributed by atoms with E-state index in [1.807, 2.05) is 164 Å². The van der Waals surface area contributed by atoms with Gasteiger partial charge in [-0.15, -0.1) is 0 Å². The lowest BCUT2D eigenvalue weighted by atomic mass is 9.32. The molecule has 2 aromatic heterocycles. The summed E-state index contributed by atoms with van der Waals surface area (Å²) in [6, 6.07) is 41.2. The Morgan fingerprint density at radius 2 is 0.647 bits per heavy atom. The topological polar surface area (TPSA) is 16.3 Å². The van der Waals surface area contributed by atoms with E-state index in [1.165, 1.54) is 24.3 Å². The van der Waals surface area contributed by atoms with E-state index in [4.69, 9.17) is 2.74 Å². The zero-order valence-corrected chi connectivity index (χ0v) is 57.6. The summed E-state index contributed by atoms with van der Waals surface area (Å²) in [4.78, 5) is 3.87.